The van der Waals surface area contributed by atoms with E-state index >= 15 is 0 Å². The van der Waals surface area contributed by atoms with Crippen molar-refractivity contribution >= 4 is 63.1 Å². The summed E-state index contributed by atoms with van der Waals surface area (Å²) in [4.78, 5) is 30.3. The van der Waals surface area contributed by atoms with Crippen LogP contribution in [0.15, 0.2) is 88.4 Å². The predicted octanol–water partition coefficient (Wildman–Crippen LogP) is 0.776. The number of hydrogen-bond acceptors (Lipinski definition) is 4. The summed E-state index contributed by atoms with van der Waals surface area (Å²) in [5.41, 5.74) is 2.01. The SMILES string of the molecule is O=C1C=C(Cl)C(=O)C(C2C(Cl)SC(=Nc3ccccc3)[NH+]2c2ccccc2)=C1.[Cl-]. The molecule has 0 aromatic heterocycles. The van der Waals surface area contributed by atoms with E-state index in [-0.39, 0.29) is 29.0 Å². The van der Waals surface area contributed by atoms with Gasteiger partial charge in [0, 0.05) is 6.08 Å². The molecular weight excluding hydrogens is 451 g/mol. The van der Waals surface area contributed by atoms with Crippen molar-refractivity contribution in [1.29, 1.82) is 0 Å². The van der Waals surface area contributed by atoms with E-state index in [4.69, 9.17) is 28.2 Å². The minimum absolute atomic E-state index is 0. The largest absolute Gasteiger partial charge is 1.00 e. The first-order valence-electron chi connectivity index (χ1n) is 8.59. The lowest BCUT2D eigenvalue weighted by Gasteiger charge is -2.23. The van der Waals surface area contributed by atoms with Gasteiger partial charge in [-0.25, -0.2) is 4.90 Å². The smallest absolute Gasteiger partial charge is 0.269 e. The molecule has 2 aromatic rings. The number of nitrogens with one attached hydrogen (secondary N) is 1. The molecule has 3 atom stereocenters. The van der Waals surface area contributed by atoms with Crippen molar-refractivity contribution in [3.63, 3.8) is 0 Å². The average Bonchev–Trinajstić information content (AvgIpc) is 3.01. The van der Waals surface area contributed by atoms with Gasteiger partial charge in [-0.3, -0.25) is 9.59 Å². The second kappa shape index (κ2) is 9.28. The van der Waals surface area contributed by atoms with E-state index in [1.807, 2.05) is 60.7 Å². The molecule has 2 aromatic carbocycles. The molecule has 4 rings (SSSR count). The van der Waals surface area contributed by atoms with Gasteiger partial charge in [-0.1, -0.05) is 48.0 Å². The van der Waals surface area contributed by atoms with Crippen molar-refractivity contribution < 1.29 is 26.9 Å². The Kier molecular flexibility index (Phi) is 6.98. The maximum absolute atomic E-state index is 12.7. The number of para-hydroxylation sites is 2. The Labute approximate surface area is 188 Å². The number of alkyl halides is 1. The van der Waals surface area contributed by atoms with E-state index < -0.39 is 10.8 Å². The fourth-order valence-electron chi connectivity index (χ4n) is 3.25. The third kappa shape index (κ3) is 4.49. The Balaban J connectivity index is 0.00000240. The lowest BCUT2D eigenvalue weighted by molar-refractivity contribution is -0.745. The molecule has 8 heteroatoms. The van der Waals surface area contributed by atoms with Crippen LogP contribution in [0.2, 0.25) is 0 Å². The van der Waals surface area contributed by atoms with E-state index in [2.05, 4.69) is 0 Å². The summed E-state index contributed by atoms with van der Waals surface area (Å²) in [6.45, 7) is 0. The first-order valence-corrected chi connectivity index (χ1v) is 10.3. The molecular formula is C21H15Cl3N2O2S. The first kappa shape index (κ1) is 21.8. The number of hydrogen-bond donors (Lipinski definition) is 1. The molecule has 1 aliphatic carbocycles. The van der Waals surface area contributed by atoms with Crippen molar-refractivity contribution in [2.75, 3.05) is 0 Å². The number of carbonyl (C=O) groups excluding carboxylic acids is 2. The Bertz CT molecular complexity index is 1020. The molecule has 3 unspecified atom stereocenters. The van der Waals surface area contributed by atoms with Crippen LogP contribution in [0.1, 0.15) is 0 Å². The lowest BCUT2D eigenvalue weighted by Crippen LogP contribution is -3.12. The quantitative estimate of drug-likeness (QED) is 0.538. The lowest BCUT2D eigenvalue weighted by atomic mass is 9.96. The second-order valence-electron chi connectivity index (χ2n) is 6.30. The fraction of sp³-hybridized carbons (Fsp3) is 0.0952. The van der Waals surface area contributed by atoms with Crippen LogP contribution in [-0.4, -0.2) is 27.5 Å². The molecule has 29 heavy (non-hydrogen) atoms. The van der Waals surface area contributed by atoms with Crippen LogP contribution in [0.5, 0.6) is 0 Å². The number of nitrogens with zero attached hydrogens (tertiary/aromatic N) is 1. The number of allylic oxidation sites excluding steroid dienone is 3. The average molecular weight is 466 g/mol. The van der Waals surface area contributed by atoms with Gasteiger partial charge in [0.05, 0.1) is 16.3 Å². The standard InChI is InChI=1S/C21H14Cl2N2O2S.ClH/c22-17-12-15(26)11-16(19(17)27)18-20(23)28-21(24-13-7-3-1-4-8-13)25(18)14-9-5-2-6-10-14;/h1-12,18,20H;1H. The Morgan fingerprint density at radius 3 is 2.21 bits per heavy atom. The Hall–Kier alpha value is -1.89. The van der Waals surface area contributed by atoms with E-state index in [0.717, 1.165) is 27.5 Å². The zero-order valence-electron chi connectivity index (χ0n) is 14.9. The van der Waals surface area contributed by atoms with Crippen LogP contribution in [0.25, 0.3) is 0 Å². The highest BCUT2D eigenvalue weighted by Crippen LogP contribution is 2.33. The normalized spacial score (nSPS) is 25.4. The van der Waals surface area contributed by atoms with Crippen LogP contribution in [0.4, 0.5) is 11.4 Å². The van der Waals surface area contributed by atoms with Gasteiger partial charge in [-0.15, -0.1) is 11.6 Å². The zero-order valence-corrected chi connectivity index (χ0v) is 18.0. The Morgan fingerprint density at radius 1 is 0.931 bits per heavy atom. The number of carbonyl (C=O) groups is 2. The van der Waals surface area contributed by atoms with Gasteiger partial charge in [0.15, 0.2) is 11.8 Å². The fourth-order valence-corrected chi connectivity index (χ4v) is 5.14. The third-order valence-electron chi connectivity index (χ3n) is 4.48. The van der Waals surface area contributed by atoms with Crippen LogP contribution in [-0.2, 0) is 9.59 Å². The number of halogens is 3. The highest BCUT2D eigenvalue weighted by atomic mass is 35.5. The van der Waals surface area contributed by atoms with Crippen molar-refractivity contribution in [3.05, 3.63) is 83.4 Å². The minimum atomic E-state index is -0.490. The minimum Gasteiger partial charge on any atom is -1.00 e. The second-order valence-corrected chi connectivity index (χ2v) is 8.57. The summed E-state index contributed by atoms with van der Waals surface area (Å²) in [5, 5.41) is 0.645. The number of aliphatic imine (C=N–C) groups is 1. The van der Waals surface area contributed by atoms with E-state index in [9.17, 15) is 9.59 Å². The number of Topliss-reactive ketones (excluding diaryl/α,β-unsaturated/α-hetero) is 1. The number of quaternary nitrogens is 1. The molecule has 0 radical (unpaired) electrons. The summed E-state index contributed by atoms with van der Waals surface area (Å²) in [6, 6.07) is 18.7. The van der Waals surface area contributed by atoms with Gasteiger partial charge in [0.25, 0.3) is 5.17 Å². The molecule has 1 fully saturated rings. The summed E-state index contributed by atoms with van der Waals surface area (Å²) in [6.07, 6.45) is 2.48. The van der Waals surface area contributed by atoms with Gasteiger partial charge in [0.2, 0.25) is 5.78 Å². The molecule has 1 heterocycles. The molecule has 2 aliphatic rings. The first-order chi connectivity index (χ1) is 13.5. The maximum Gasteiger partial charge on any atom is 0.269 e. The van der Waals surface area contributed by atoms with E-state index in [0.29, 0.717) is 5.57 Å². The van der Waals surface area contributed by atoms with Gasteiger partial charge < -0.3 is 12.4 Å². The highest BCUT2D eigenvalue weighted by Gasteiger charge is 2.49. The van der Waals surface area contributed by atoms with E-state index in [1.54, 1.807) is 0 Å². The maximum atomic E-state index is 12.7. The van der Waals surface area contributed by atoms with Crippen molar-refractivity contribution in [3.8, 4) is 0 Å². The van der Waals surface area contributed by atoms with Crippen molar-refractivity contribution in [1.82, 2.24) is 0 Å². The van der Waals surface area contributed by atoms with Gasteiger partial charge in [0.1, 0.15) is 10.4 Å². The molecule has 1 aliphatic heterocycles. The molecule has 0 amide bonds. The van der Waals surface area contributed by atoms with Crippen LogP contribution >= 0.6 is 35.0 Å². The number of rotatable bonds is 3. The van der Waals surface area contributed by atoms with Gasteiger partial charge in [-0.2, -0.15) is 4.99 Å². The summed E-state index contributed by atoms with van der Waals surface area (Å²) >= 11 is 14.1. The molecule has 0 saturated carbocycles. The number of amidine groups is 1. The number of ketones is 2. The molecule has 4 nitrogen and oxygen atoms in total. The third-order valence-corrected chi connectivity index (χ3v) is 6.31. The molecule has 148 valence electrons. The Morgan fingerprint density at radius 2 is 1.55 bits per heavy atom. The van der Waals surface area contributed by atoms with Gasteiger partial charge >= 0.3 is 0 Å². The van der Waals surface area contributed by atoms with Crippen molar-refractivity contribution in [2.24, 2.45) is 4.99 Å². The van der Waals surface area contributed by atoms with Crippen LogP contribution in [0, 0.1) is 0 Å². The molecule has 0 bridgehead atoms. The predicted molar refractivity (Wildman–Crippen MR) is 114 cm³/mol. The number of benzene rings is 2. The summed E-state index contributed by atoms with van der Waals surface area (Å²) in [5.74, 6) is -0.679. The zero-order chi connectivity index (χ0) is 19.7. The van der Waals surface area contributed by atoms with E-state index in [1.165, 1.54) is 17.8 Å². The van der Waals surface area contributed by atoms with Crippen LogP contribution < -0.4 is 17.3 Å². The van der Waals surface area contributed by atoms with Crippen LogP contribution in [0.3, 0.4) is 0 Å². The topological polar surface area (TPSA) is 50.9 Å². The summed E-state index contributed by atoms with van der Waals surface area (Å²) in [7, 11) is 0. The molecule has 0 spiro atoms. The van der Waals surface area contributed by atoms with Crippen molar-refractivity contribution in [2.45, 2.75) is 10.8 Å². The molecule has 1 saturated heterocycles. The molecule has 1 N–H and O–H groups in total. The van der Waals surface area contributed by atoms with Gasteiger partial charge in [-0.05, 0) is 42.1 Å². The summed E-state index contributed by atoms with van der Waals surface area (Å²) < 4.78 is -0.483. The number of thioether (sulfide) groups is 1. The monoisotopic (exact) mass is 464 g/mol. The highest BCUT2D eigenvalue weighted by molar-refractivity contribution is 8.15.